The van der Waals surface area contributed by atoms with Crippen molar-refractivity contribution < 1.29 is 9.13 Å². The van der Waals surface area contributed by atoms with Crippen molar-refractivity contribution in [3.05, 3.63) is 65.7 Å². The number of anilines is 1. The predicted octanol–water partition coefficient (Wildman–Crippen LogP) is 4.07. The Kier molecular flexibility index (Phi) is 5.19. The number of fused-ring (bicyclic) bond motifs is 3. The first-order valence-electron chi connectivity index (χ1n) is 10.7. The lowest BCUT2D eigenvalue weighted by Gasteiger charge is -2.32. The first kappa shape index (κ1) is 19.8. The largest absolute Gasteiger partial charge is 0.496 e. The number of methoxy groups -OCH3 is 1. The summed E-state index contributed by atoms with van der Waals surface area (Å²) in [6.07, 6.45) is 5.07. The second-order valence-corrected chi connectivity index (χ2v) is 8.27. The van der Waals surface area contributed by atoms with Gasteiger partial charge in [-0.2, -0.15) is 0 Å². The van der Waals surface area contributed by atoms with E-state index >= 15 is 0 Å². The van der Waals surface area contributed by atoms with Crippen molar-refractivity contribution in [2.75, 3.05) is 25.9 Å². The van der Waals surface area contributed by atoms with E-state index in [0.717, 1.165) is 50.3 Å². The molecule has 0 aliphatic carbocycles. The lowest BCUT2D eigenvalue weighted by atomic mass is 9.92. The summed E-state index contributed by atoms with van der Waals surface area (Å²) in [5.74, 6) is 1.40. The van der Waals surface area contributed by atoms with Crippen LogP contribution in [-0.4, -0.2) is 39.5 Å². The molecule has 2 aromatic carbocycles. The van der Waals surface area contributed by atoms with Crippen molar-refractivity contribution in [2.24, 2.45) is 5.92 Å². The number of aromatic nitrogens is 3. The number of benzene rings is 2. The fourth-order valence-electron chi connectivity index (χ4n) is 4.59. The van der Waals surface area contributed by atoms with E-state index in [-0.39, 0.29) is 17.3 Å². The summed E-state index contributed by atoms with van der Waals surface area (Å²) < 4.78 is 21.4. The number of likely N-dealkylation sites (tertiary alicyclic amines) is 1. The van der Waals surface area contributed by atoms with Crippen molar-refractivity contribution in [3.8, 4) is 5.75 Å². The third kappa shape index (κ3) is 3.81. The maximum Gasteiger partial charge on any atom is 0.206 e. The van der Waals surface area contributed by atoms with E-state index in [1.165, 1.54) is 11.6 Å². The lowest BCUT2D eigenvalue weighted by molar-refractivity contribution is 0.175. The molecule has 1 aliphatic rings. The van der Waals surface area contributed by atoms with E-state index in [2.05, 4.69) is 22.0 Å². The van der Waals surface area contributed by atoms with E-state index in [1.807, 2.05) is 24.4 Å². The lowest BCUT2D eigenvalue weighted by Crippen LogP contribution is -2.34. The number of hydrogen-bond donors (Lipinski definition) is 1. The highest BCUT2D eigenvalue weighted by Gasteiger charge is 2.22. The van der Waals surface area contributed by atoms with Crippen LogP contribution in [0.1, 0.15) is 24.1 Å². The Labute approximate surface area is 180 Å². The second kappa shape index (κ2) is 8.15. The predicted molar refractivity (Wildman–Crippen MR) is 120 cm³/mol. The minimum atomic E-state index is -0.376. The molecule has 31 heavy (non-hydrogen) atoms. The third-order valence-electron chi connectivity index (χ3n) is 6.25. The van der Waals surface area contributed by atoms with Crippen LogP contribution in [0.15, 0.2) is 48.7 Å². The van der Waals surface area contributed by atoms with Crippen LogP contribution < -0.4 is 10.5 Å². The summed E-state index contributed by atoms with van der Waals surface area (Å²) in [5.41, 5.74) is 9.23. The Morgan fingerprint density at radius 2 is 1.90 bits per heavy atom. The minimum Gasteiger partial charge on any atom is -0.496 e. The Balaban J connectivity index is 1.29. The molecule has 0 unspecified atom stereocenters. The maximum atomic E-state index is 14.1. The molecular weight excluding hydrogens is 393 g/mol. The summed E-state index contributed by atoms with van der Waals surface area (Å²) in [7, 11) is 1.72. The van der Waals surface area contributed by atoms with Gasteiger partial charge in [0, 0.05) is 23.7 Å². The number of nitrogen functional groups attached to an aromatic ring is 1. The van der Waals surface area contributed by atoms with Crippen molar-refractivity contribution >= 4 is 22.5 Å². The number of nitrogens with zero attached hydrogens (tertiary/aromatic N) is 4. The number of nitrogens with two attached hydrogens (primary N) is 1. The highest BCUT2D eigenvalue weighted by atomic mass is 19.1. The molecule has 0 saturated carbocycles. The summed E-state index contributed by atoms with van der Waals surface area (Å²) >= 11 is 0. The van der Waals surface area contributed by atoms with Gasteiger partial charge in [0.25, 0.3) is 0 Å². The van der Waals surface area contributed by atoms with Gasteiger partial charge in [-0.3, -0.25) is 9.30 Å². The normalized spacial score (nSPS) is 15.7. The summed E-state index contributed by atoms with van der Waals surface area (Å²) in [6.45, 7) is 3.01. The van der Waals surface area contributed by atoms with Gasteiger partial charge in [0.2, 0.25) is 5.95 Å². The molecule has 4 aromatic rings. The molecule has 1 aliphatic heterocycles. The van der Waals surface area contributed by atoms with Crippen LogP contribution in [0.3, 0.4) is 0 Å². The fraction of sp³-hybridized carbons (Fsp3) is 0.333. The quantitative estimate of drug-likeness (QED) is 0.528. The Morgan fingerprint density at radius 1 is 1.10 bits per heavy atom. The minimum absolute atomic E-state index is 0.262. The zero-order valence-corrected chi connectivity index (χ0v) is 17.6. The van der Waals surface area contributed by atoms with E-state index in [0.29, 0.717) is 17.0 Å². The second-order valence-electron chi connectivity index (χ2n) is 8.27. The molecule has 5 rings (SSSR count). The van der Waals surface area contributed by atoms with Crippen LogP contribution in [0.5, 0.6) is 5.75 Å². The molecule has 2 N–H and O–H groups in total. The number of halogens is 1. The van der Waals surface area contributed by atoms with Gasteiger partial charge in [-0.05, 0) is 56.5 Å². The van der Waals surface area contributed by atoms with Crippen LogP contribution in [0.4, 0.5) is 10.3 Å². The number of hydrogen-bond acceptors (Lipinski definition) is 5. The molecule has 2 aromatic heterocycles. The molecule has 3 heterocycles. The Morgan fingerprint density at radius 3 is 2.71 bits per heavy atom. The number of rotatable bonds is 5. The first-order chi connectivity index (χ1) is 15.1. The number of imidazole rings is 1. The van der Waals surface area contributed by atoms with E-state index in [9.17, 15) is 4.39 Å². The highest BCUT2D eigenvalue weighted by molar-refractivity contribution is 5.92. The molecule has 0 amide bonds. The van der Waals surface area contributed by atoms with Crippen molar-refractivity contribution in [3.63, 3.8) is 0 Å². The smallest absolute Gasteiger partial charge is 0.206 e. The van der Waals surface area contributed by atoms with Crippen LogP contribution in [-0.2, 0) is 13.0 Å². The van der Waals surface area contributed by atoms with Crippen molar-refractivity contribution in [1.29, 1.82) is 0 Å². The van der Waals surface area contributed by atoms with Crippen LogP contribution >= 0.6 is 0 Å². The van der Waals surface area contributed by atoms with Gasteiger partial charge >= 0.3 is 0 Å². The maximum absolute atomic E-state index is 14.1. The average molecular weight is 420 g/mol. The van der Waals surface area contributed by atoms with Gasteiger partial charge in [0.1, 0.15) is 22.7 Å². The molecular formula is C24H26FN5O. The van der Waals surface area contributed by atoms with Gasteiger partial charge in [-0.25, -0.2) is 14.4 Å². The molecule has 0 bridgehead atoms. The molecule has 160 valence electrons. The summed E-state index contributed by atoms with van der Waals surface area (Å²) in [5, 5.41) is 0.687. The van der Waals surface area contributed by atoms with Crippen molar-refractivity contribution in [2.45, 2.75) is 25.8 Å². The molecule has 7 heteroatoms. The number of para-hydroxylation sites is 2. The molecule has 6 nitrogen and oxygen atoms in total. The van der Waals surface area contributed by atoms with E-state index in [4.69, 9.17) is 15.5 Å². The molecule has 1 fully saturated rings. The molecule has 1 saturated heterocycles. The standard InChI is InChI=1S/C24H26FN5O/c1-31-21-8-3-2-5-17(21)14-29-11-9-16(10-12-29)13-18-15-30-23(27-18)19-6-4-7-20(25)22(19)28-24(30)26/h2-8,15-16H,9-14H2,1H3,(H2,26,28). The Hall–Kier alpha value is -3.19. The fourth-order valence-corrected chi connectivity index (χ4v) is 4.59. The van der Waals surface area contributed by atoms with Crippen LogP contribution in [0.25, 0.3) is 16.6 Å². The summed E-state index contributed by atoms with van der Waals surface area (Å²) in [4.78, 5) is 11.5. The van der Waals surface area contributed by atoms with Gasteiger partial charge in [0.05, 0.1) is 12.8 Å². The number of piperidine rings is 1. The van der Waals surface area contributed by atoms with E-state index < -0.39 is 0 Å². The SMILES string of the molecule is COc1ccccc1CN1CCC(Cc2cn3c(N)nc4c(F)cccc4c3n2)CC1. The van der Waals surface area contributed by atoms with Gasteiger partial charge in [-0.15, -0.1) is 0 Å². The zero-order chi connectivity index (χ0) is 21.4. The topological polar surface area (TPSA) is 68.7 Å². The van der Waals surface area contributed by atoms with Gasteiger partial charge in [0.15, 0.2) is 0 Å². The van der Waals surface area contributed by atoms with Gasteiger partial charge in [-0.1, -0.05) is 24.3 Å². The average Bonchev–Trinajstić information content (AvgIpc) is 3.21. The number of ether oxygens (including phenoxy) is 1. The highest BCUT2D eigenvalue weighted by Crippen LogP contribution is 2.27. The third-order valence-corrected chi connectivity index (χ3v) is 6.25. The van der Waals surface area contributed by atoms with Crippen molar-refractivity contribution in [1.82, 2.24) is 19.3 Å². The first-order valence-corrected chi connectivity index (χ1v) is 10.7. The monoisotopic (exact) mass is 419 g/mol. The summed E-state index contributed by atoms with van der Waals surface area (Å²) in [6, 6.07) is 13.1. The van der Waals surface area contributed by atoms with Crippen LogP contribution in [0, 0.1) is 11.7 Å². The van der Waals surface area contributed by atoms with Gasteiger partial charge < -0.3 is 10.5 Å². The molecule has 0 radical (unpaired) electrons. The zero-order valence-electron chi connectivity index (χ0n) is 17.6. The molecule has 0 atom stereocenters. The van der Waals surface area contributed by atoms with E-state index in [1.54, 1.807) is 17.6 Å². The molecule has 0 spiro atoms. The Bertz CT molecular complexity index is 1230. The van der Waals surface area contributed by atoms with Crippen LogP contribution in [0.2, 0.25) is 0 Å².